The van der Waals surface area contributed by atoms with E-state index in [0.717, 1.165) is 59.5 Å². The van der Waals surface area contributed by atoms with Crippen molar-refractivity contribution in [3.8, 4) is 5.75 Å². The van der Waals surface area contributed by atoms with Gasteiger partial charge >= 0.3 is 0 Å². The zero-order valence-electron chi connectivity index (χ0n) is 19.2. The molecule has 2 aromatic carbocycles. The van der Waals surface area contributed by atoms with Crippen molar-refractivity contribution in [2.45, 2.75) is 25.8 Å². The van der Waals surface area contributed by atoms with Crippen LogP contribution in [-0.4, -0.2) is 42.0 Å². The minimum absolute atomic E-state index is 0.0116. The molecule has 1 amide bonds. The van der Waals surface area contributed by atoms with Crippen LogP contribution in [0.4, 0.5) is 0 Å². The Bertz CT molecular complexity index is 1080. The fourth-order valence-electron chi connectivity index (χ4n) is 4.27. The predicted octanol–water partition coefficient (Wildman–Crippen LogP) is 5.80. The van der Waals surface area contributed by atoms with Crippen LogP contribution in [-0.2, 0) is 4.79 Å². The Labute approximate surface area is 214 Å². The van der Waals surface area contributed by atoms with Crippen molar-refractivity contribution >= 4 is 33.4 Å². The summed E-state index contributed by atoms with van der Waals surface area (Å²) in [5.41, 5.74) is 2.88. The molecule has 2 heterocycles. The molecule has 34 heavy (non-hydrogen) atoms. The van der Waals surface area contributed by atoms with Crippen LogP contribution in [0.15, 0.2) is 71.3 Å². The molecule has 1 aliphatic heterocycles. The summed E-state index contributed by atoms with van der Waals surface area (Å²) < 4.78 is 6.89. The average molecular weight is 543 g/mol. The Morgan fingerprint density at radius 3 is 2.53 bits per heavy atom. The normalized spacial score (nSPS) is 15.6. The van der Waals surface area contributed by atoms with E-state index in [1.165, 1.54) is 0 Å². The highest BCUT2D eigenvalue weighted by Crippen LogP contribution is 2.26. The Morgan fingerprint density at radius 1 is 1.15 bits per heavy atom. The second-order valence-corrected chi connectivity index (χ2v) is 9.97. The minimum atomic E-state index is -0.302. The Morgan fingerprint density at radius 2 is 1.85 bits per heavy atom. The predicted molar refractivity (Wildman–Crippen MR) is 139 cm³/mol. The van der Waals surface area contributed by atoms with Gasteiger partial charge in [0.1, 0.15) is 12.4 Å². The number of carbonyl (C=O) groups excluding carboxylic acids is 1. The van der Waals surface area contributed by atoms with E-state index in [4.69, 9.17) is 16.3 Å². The van der Waals surface area contributed by atoms with Gasteiger partial charge < -0.3 is 10.1 Å². The monoisotopic (exact) mass is 541 g/mol. The van der Waals surface area contributed by atoms with Gasteiger partial charge in [-0.1, -0.05) is 45.7 Å². The van der Waals surface area contributed by atoms with E-state index >= 15 is 0 Å². The standard InChI is InChI=1S/C27H29BrClN3O2/c1-19-3-2-14-30-25(19)26(20-4-8-23(29)9-5-20)31-27(33)21-12-15-32(16-13-21)17-18-34-24-10-6-22(28)7-11-24/h2-11,14,21,26H,12-13,15-18H2,1H3,(H,31,33). The number of nitrogens with zero attached hydrogens (tertiary/aromatic N) is 2. The number of halogens is 2. The van der Waals surface area contributed by atoms with Gasteiger partial charge in [0.25, 0.3) is 0 Å². The molecule has 7 heteroatoms. The SMILES string of the molecule is Cc1cccnc1C(NC(=O)C1CCN(CCOc2ccc(Br)cc2)CC1)c1ccc(Cl)cc1. The summed E-state index contributed by atoms with van der Waals surface area (Å²) in [6, 6.07) is 19.1. The number of aryl methyl sites for hydroxylation is 1. The number of likely N-dealkylation sites (tertiary alicyclic amines) is 1. The Kier molecular flexibility index (Phi) is 8.59. The van der Waals surface area contributed by atoms with E-state index in [2.05, 4.69) is 31.1 Å². The number of ether oxygens (including phenoxy) is 1. The number of hydrogen-bond acceptors (Lipinski definition) is 4. The lowest BCUT2D eigenvalue weighted by molar-refractivity contribution is -0.127. The summed E-state index contributed by atoms with van der Waals surface area (Å²) in [6.45, 7) is 5.28. The first-order chi connectivity index (χ1) is 16.5. The van der Waals surface area contributed by atoms with E-state index in [-0.39, 0.29) is 17.9 Å². The molecule has 3 aromatic rings. The van der Waals surface area contributed by atoms with Gasteiger partial charge in [0.05, 0.1) is 11.7 Å². The zero-order chi connectivity index (χ0) is 23.9. The maximum atomic E-state index is 13.3. The molecule has 1 atom stereocenters. The number of carbonyl (C=O) groups is 1. The van der Waals surface area contributed by atoms with Crippen molar-refractivity contribution in [1.29, 1.82) is 0 Å². The molecule has 0 aliphatic carbocycles. The second kappa shape index (κ2) is 11.8. The summed E-state index contributed by atoms with van der Waals surface area (Å²) in [5, 5.41) is 3.94. The van der Waals surface area contributed by atoms with Crippen LogP contribution in [0.25, 0.3) is 0 Å². The van der Waals surface area contributed by atoms with Crippen LogP contribution in [0.3, 0.4) is 0 Å². The number of piperidine rings is 1. The maximum absolute atomic E-state index is 13.3. The van der Waals surface area contributed by atoms with Crippen molar-refractivity contribution in [1.82, 2.24) is 15.2 Å². The fraction of sp³-hybridized carbons (Fsp3) is 0.333. The van der Waals surface area contributed by atoms with Gasteiger partial charge in [-0.05, 0) is 86.4 Å². The molecule has 178 valence electrons. The van der Waals surface area contributed by atoms with Gasteiger partial charge in [0.15, 0.2) is 0 Å². The summed E-state index contributed by atoms with van der Waals surface area (Å²) in [4.78, 5) is 20.2. The molecule has 1 unspecified atom stereocenters. The smallest absolute Gasteiger partial charge is 0.224 e. The maximum Gasteiger partial charge on any atom is 0.224 e. The van der Waals surface area contributed by atoms with E-state index in [1.807, 2.05) is 67.6 Å². The number of benzene rings is 2. The molecule has 0 bridgehead atoms. The average Bonchev–Trinajstić information content (AvgIpc) is 2.85. The molecule has 0 radical (unpaired) electrons. The largest absolute Gasteiger partial charge is 0.492 e. The van der Waals surface area contributed by atoms with Gasteiger partial charge in [-0.25, -0.2) is 0 Å². The molecule has 4 rings (SSSR count). The van der Waals surface area contributed by atoms with Gasteiger partial charge in [-0.15, -0.1) is 0 Å². The number of rotatable bonds is 8. The molecule has 5 nitrogen and oxygen atoms in total. The van der Waals surface area contributed by atoms with E-state index in [1.54, 1.807) is 6.20 Å². The molecule has 0 saturated carbocycles. The lowest BCUT2D eigenvalue weighted by Crippen LogP contribution is -2.43. The van der Waals surface area contributed by atoms with Crippen LogP contribution >= 0.6 is 27.5 Å². The molecule has 1 aromatic heterocycles. The topological polar surface area (TPSA) is 54.5 Å². The van der Waals surface area contributed by atoms with Crippen molar-refractivity contribution in [2.75, 3.05) is 26.2 Å². The lowest BCUT2D eigenvalue weighted by Gasteiger charge is -2.32. The zero-order valence-corrected chi connectivity index (χ0v) is 21.6. The first kappa shape index (κ1) is 24.7. The second-order valence-electron chi connectivity index (χ2n) is 8.62. The first-order valence-electron chi connectivity index (χ1n) is 11.6. The number of nitrogens with one attached hydrogen (secondary N) is 1. The Hall–Kier alpha value is -2.41. The van der Waals surface area contributed by atoms with Crippen molar-refractivity contribution < 1.29 is 9.53 Å². The third-order valence-electron chi connectivity index (χ3n) is 6.26. The van der Waals surface area contributed by atoms with E-state index in [0.29, 0.717) is 11.6 Å². The number of pyridine rings is 1. The van der Waals surface area contributed by atoms with Crippen LogP contribution in [0.5, 0.6) is 5.75 Å². The van der Waals surface area contributed by atoms with Gasteiger partial charge in [-0.2, -0.15) is 0 Å². The molecular formula is C27H29BrClN3O2. The lowest BCUT2D eigenvalue weighted by atomic mass is 9.94. The molecule has 1 N–H and O–H groups in total. The summed E-state index contributed by atoms with van der Waals surface area (Å²) in [7, 11) is 0. The van der Waals surface area contributed by atoms with Crippen LogP contribution < -0.4 is 10.1 Å². The quantitative estimate of drug-likeness (QED) is 0.391. The molecule has 1 fully saturated rings. The van der Waals surface area contributed by atoms with Gasteiger partial charge in [0, 0.05) is 28.2 Å². The highest BCUT2D eigenvalue weighted by molar-refractivity contribution is 9.10. The highest BCUT2D eigenvalue weighted by atomic mass is 79.9. The fourth-order valence-corrected chi connectivity index (χ4v) is 4.66. The molecular weight excluding hydrogens is 514 g/mol. The molecule has 1 saturated heterocycles. The number of aromatic nitrogens is 1. The molecule has 0 spiro atoms. The third kappa shape index (κ3) is 6.59. The first-order valence-corrected chi connectivity index (χ1v) is 12.7. The van der Waals surface area contributed by atoms with Gasteiger partial charge in [0.2, 0.25) is 5.91 Å². The summed E-state index contributed by atoms with van der Waals surface area (Å²) in [6.07, 6.45) is 3.43. The van der Waals surface area contributed by atoms with E-state index < -0.39 is 0 Å². The van der Waals surface area contributed by atoms with Crippen LogP contribution in [0, 0.1) is 12.8 Å². The van der Waals surface area contributed by atoms with Crippen molar-refractivity contribution in [3.63, 3.8) is 0 Å². The number of hydrogen-bond donors (Lipinski definition) is 1. The van der Waals surface area contributed by atoms with Gasteiger partial charge in [-0.3, -0.25) is 14.7 Å². The van der Waals surface area contributed by atoms with E-state index in [9.17, 15) is 4.79 Å². The number of amides is 1. The Balaban J connectivity index is 1.32. The third-order valence-corrected chi connectivity index (χ3v) is 7.04. The highest BCUT2D eigenvalue weighted by Gasteiger charge is 2.28. The summed E-state index contributed by atoms with van der Waals surface area (Å²) >= 11 is 9.53. The van der Waals surface area contributed by atoms with Crippen molar-refractivity contribution in [3.05, 3.63) is 93.2 Å². The summed E-state index contributed by atoms with van der Waals surface area (Å²) in [5.74, 6) is 0.939. The minimum Gasteiger partial charge on any atom is -0.492 e. The van der Waals surface area contributed by atoms with Crippen molar-refractivity contribution in [2.24, 2.45) is 5.92 Å². The van der Waals surface area contributed by atoms with Crippen LogP contribution in [0.1, 0.15) is 35.7 Å². The van der Waals surface area contributed by atoms with Crippen LogP contribution in [0.2, 0.25) is 5.02 Å². The molecule has 1 aliphatic rings.